The van der Waals surface area contributed by atoms with Gasteiger partial charge in [0.2, 0.25) is 16.7 Å². The number of hydrogen-bond donors (Lipinski definition) is 2. The number of thioether (sulfide) groups is 1. The van der Waals surface area contributed by atoms with Gasteiger partial charge in [0.15, 0.2) is 0 Å². The van der Waals surface area contributed by atoms with Crippen LogP contribution in [-0.4, -0.2) is 101 Å². The molecule has 1 unspecified atom stereocenters. The molecule has 0 aliphatic carbocycles. The Labute approximate surface area is 367 Å². The van der Waals surface area contributed by atoms with E-state index in [1.807, 2.05) is 117 Å². The molecule has 0 spiro atoms. The third-order valence-corrected chi connectivity index (χ3v) is 12.8. The number of amides is 2. The van der Waals surface area contributed by atoms with Gasteiger partial charge in [0, 0.05) is 23.7 Å². The van der Waals surface area contributed by atoms with Crippen molar-refractivity contribution in [2.45, 2.75) is 36.1 Å². The number of nitrogens with zero attached hydrogens (tertiary/aromatic N) is 5. The summed E-state index contributed by atoms with van der Waals surface area (Å²) in [5, 5.41) is 10.3. The Morgan fingerprint density at radius 1 is 0.935 bits per heavy atom. The number of hydroxylamine groups is 3. The predicted octanol–water partition coefficient (Wildman–Crippen LogP) is 6.04. The highest BCUT2D eigenvalue weighted by Crippen LogP contribution is 2.42. The largest absolute Gasteiger partial charge is 0.497 e. The maximum absolute atomic E-state index is 14.1. The van der Waals surface area contributed by atoms with Crippen LogP contribution < -0.4 is 15.4 Å². The van der Waals surface area contributed by atoms with E-state index in [0.29, 0.717) is 26.9 Å². The minimum atomic E-state index is -0.987. The highest BCUT2D eigenvalue weighted by atomic mass is 32.2. The van der Waals surface area contributed by atoms with Gasteiger partial charge in [-0.1, -0.05) is 114 Å². The first-order chi connectivity index (χ1) is 30.1. The summed E-state index contributed by atoms with van der Waals surface area (Å²) in [6.07, 6.45) is 4.42. The number of β-lactam (4-membered cyclic amide) rings is 1. The Morgan fingerprint density at radius 2 is 1.56 bits per heavy atom. The number of esters is 1. The van der Waals surface area contributed by atoms with Crippen LogP contribution in [0, 0.1) is 0 Å². The van der Waals surface area contributed by atoms with Crippen molar-refractivity contribution in [3.05, 3.63) is 167 Å². The Balaban J connectivity index is 1.03. The molecule has 0 radical (unpaired) electrons. The average molecular weight is 873 g/mol. The normalized spacial score (nSPS) is 19.7. The number of hydrogen-bond acceptors (Lipinski definition) is 13. The third kappa shape index (κ3) is 8.72. The van der Waals surface area contributed by atoms with E-state index in [1.165, 1.54) is 23.8 Å². The molecule has 0 bridgehead atoms. The van der Waals surface area contributed by atoms with Crippen LogP contribution in [0.2, 0.25) is 0 Å². The van der Waals surface area contributed by atoms with Gasteiger partial charge in [-0.15, -0.1) is 11.8 Å². The van der Waals surface area contributed by atoms with E-state index < -0.39 is 34.7 Å². The van der Waals surface area contributed by atoms with Crippen molar-refractivity contribution >= 4 is 51.9 Å². The zero-order valence-corrected chi connectivity index (χ0v) is 36.2. The van der Waals surface area contributed by atoms with Crippen molar-refractivity contribution < 1.29 is 38.2 Å². The molecule has 2 amide bonds. The van der Waals surface area contributed by atoms with Crippen molar-refractivity contribution in [2.24, 2.45) is 5.16 Å². The number of carbonyl (C=O) groups is 3. The number of fused-ring (bicyclic) bond motifs is 1. The highest BCUT2D eigenvalue weighted by Gasteiger charge is 2.55. The quantitative estimate of drug-likeness (QED) is 0.0317. The van der Waals surface area contributed by atoms with E-state index in [2.05, 4.69) is 20.2 Å². The fraction of sp³-hybridized carbons (Fsp3) is 0.261. The molecule has 4 aromatic carbocycles. The van der Waals surface area contributed by atoms with Gasteiger partial charge >= 0.3 is 5.97 Å². The standard InChI is InChI=1S/C46H45N7O7S2/c1-53(2)27-26-36(60-53)25-22-31-29-61-43-38(42(55)52(43)39(31)44(56)59-28-30-20-23-35(57-3)24-21-30)47-41(54)37(50-58-4)40-48-45(62-51-40)49-46(32-14-8-5-9-15-32,33-16-10-6-11-17-33)34-18-12-7-13-19-34/h5-25,36,38,43H,26-29H2,1-4H3,(H-,47,48,49,51,54)/p+1/b25-22+,50-37-/t36?,38-,43-/m1/s1. The number of allylic oxidation sites excluding steroid dienone is 1. The van der Waals surface area contributed by atoms with Crippen LogP contribution in [0.5, 0.6) is 5.75 Å². The zero-order valence-electron chi connectivity index (χ0n) is 34.6. The molecule has 1 aromatic heterocycles. The summed E-state index contributed by atoms with van der Waals surface area (Å²) in [4.78, 5) is 59.4. The van der Waals surface area contributed by atoms with Crippen LogP contribution in [0.15, 0.2) is 144 Å². The first-order valence-corrected chi connectivity index (χ1v) is 21.8. The van der Waals surface area contributed by atoms with Crippen LogP contribution in [0.3, 0.4) is 0 Å². The number of ether oxygens (including phenoxy) is 2. The van der Waals surface area contributed by atoms with Gasteiger partial charge in [0.1, 0.15) is 54.8 Å². The van der Waals surface area contributed by atoms with Crippen molar-refractivity contribution in [1.29, 1.82) is 0 Å². The summed E-state index contributed by atoms with van der Waals surface area (Å²) in [6, 6.07) is 36.3. The summed E-state index contributed by atoms with van der Waals surface area (Å²) in [6.45, 7) is 0.824. The first-order valence-electron chi connectivity index (χ1n) is 20.0. The van der Waals surface area contributed by atoms with Crippen molar-refractivity contribution in [3.8, 4) is 5.75 Å². The molecule has 3 atom stereocenters. The Hall–Kier alpha value is -6.33. The molecule has 2 saturated heterocycles. The minimum Gasteiger partial charge on any atom is -0.497 e. The lowest BCUT2D eigenvalue weighted by Gasteiger charge is -2.49. The zero-order chi connectivity index (χ0) is 43.3. The molecule has 318 valence electrons. The number of benzene rings is 4. The van der Waals surface area contributed by atoms with Crippen LogP contribution in [0.1, 0.15) is 34.5 Å². The Morgan fingerprint density at radius 3 is 2.13 bits per heavy atom. The van der Waals surface area contributed by atoms with Crippen molar-refractivity contribution in [1.82, 2.24) is 19.6 Å². The minimum absolute atomic E-state index is 0.00547. The number of aromatic nitrogens is 2. The molecule has 3 aliphatic heterocycles. The molecule has 2 fully saturated rings. The molecule has 14 nitrogen and oxygen atoms in total. The van der Waals surface area contributed by atoms with Crippen molar-refractivity contribution in [3.63, 3.8) is 0 Å². The number of anilines is 1. The van der Waals surface area contributed by atoms with E-state index in [9.17, 15) is 14.4 Å². The van der Waals surface area contributed by atoms with Gasteiger partial charge < -0.3 is 24.9 Å². The Kier molecular flexibility index (Phi) is 12.5. The molecular weight excluding hydrogens is 827 g/mol. The van der Waals surface area contributed by atoms with Gasteiger partial charge in [-0.05, 0) is 46.0 Å². The summed E-state index contributed by atoms with van der Waals surface area (Å²) in [5.41, 5.74) is 3.27. The predicted molar refractivity (Wildman–Crippen MR) is 237 cm³/mol. The van der Waals surface area contributed by atoms with E-state index in [4.69, 9.17) is 24.1 Å². The second-order valence-electron chi connectivity index (χ2n) is 15.3. The molecule has 62 heavy (non-hydrogen) atoms. The summed E-state index contributed by atoms with van der Waals surface area (Å²) < 4.78 is 16.0. The fourth-order valence-electron chi connectivity index (χ4n) is 7.76. The summed E-state index contributed by atoms with van der Waals surface area (Å²) in [7, 11) is 6.87. The van der Waals surface area contributed by atoms with Crippen molar-refractivity contribution in [2.75, 3.05) is 45.9 Å². The van der Waals surface area contributed by atoms with Gasteiger partial charge in [-0.2, -0.15) is 18.8 Å². The lowest BCUT2D eigenvalue weighted by molar-refractivity contribution is -1.06. The fourth-order valence-corrected chi connectivity index (χ4v) is 9.71. The van der Waals surface area contributed by atoms with Gasteiger partial charge in [-0.25, -0.2) is 4.79 Å². The van der Waals surface area contributed by atoms with Gasteiger partial charge in [-0.3, -0.25) is 14.5 Å². The Bertz CT molecular complexity index is 2400. The molecule has 16 heteroatoms. The van der Waals surface area contributed by atoms with E-state index in [0.717, 1.165) is 46.8 Å². The number of carbonyl (C=O) groups excluding carboxylic acids is 3. The molecule has 4 heterocycles. The van der Waals surface area contributed by atoms with Crippen LogP contribution in [0.4, 0.5) is 5.13 Å². The molecule has 5 aromatic rings. The second-order valence-corrected chi connectivity index (χ2v) is 17.1. The van der Waals surface area contributed by atoms with Gasteiger partial charge in [0.25, 0.3) is 11.8 Å². The third-order valence-electron chi connectivity index (χ3n) is 10.8. The molecule has 0 saturated carbocycles. The molecular formula is C46H46N7O7S2+. The molecule has 3 aliphatic rings. The van der Waals surface area contributed by atoms with Gasteiger partial charge in [0.05, 0.1) is 21.2 Å². The number of methoxy groups -OCH3 is 1. The smallest absolute Gasteiger partial charge is 0.355 e. The first kappa shape index (κ1) is 42.4. The molecule has 2 N–H and O–H groups in total. The van der Waals surface area contributed by atoms with E-state index >= 15 is 0 Å². The SMILES string of the molecule is CO/N=C(\C(=O)N[C@@H]1C(=O)N2C(C(=O)OCc3ccc(OC)cc3)=C(/C=C/C3CC[N+](C)(C)O3)CS[C@H]12)c1nsc(NC(c2ccccc2)(c2ccccc2)c2ccccc2)n1. The van der Waals surface area contributed by atoms with Crippen LogP contribution in [0.25, 0.3) is 0 Å². The lowest BCUT2D eigenvalue weighted by atomic mass is 9.77. The van der Waals surface area contributed by atoms with E-state index in [1.54, 1.807) is 31.4 Å². The summed E-state index contributed by atoms with van der Waals surface area (Å²) in [5.74, 6) is -0.786. The number of quaternary nitrogens is 1. The monoisotopic (exact) mass is 872 g/mol. The van der Waals surface area contributed by atoms with Crippen LogP contribution in [-0.2, 0) is 40.9 Å². The topological polar surface area (TPSA) is 154 Å². The molecule has 8 rings (SSSR count). The number of oxime groups is 1. The van der Waals surface area contributed by atoms with Crippen LogP contribution >= 0.6 is 23.3 Å². The average Bonchev–Trinajstić information content (AvgIpc) is 3.92. The van der Waals surface area contributed by atoms with E-state index in [-0.39, 0.29) is 29.9 Å². The second kappa shape index (κ2) is 18.3. The lowest BCUT2D eigenvalue weighted by Crippen LogP contribution is -2.71. The maximum Gasteiger partial charge on any atom is 0.355 e. The highest BCUT2D eigenvalue weighted by molar-refractivity contribution is 8.00. The number of rotatable bonds is 15. The summed E-state index contributed by atoms with van der Waals surface area (Å²) >= 11 is 2.49. The maximum atomic E-state index is 14.1. The number of nitrogens with one attached hydrogen (secondary N) is 2.